The Balaban J connectivity index is 1.78. The third-order valence-electron chi connectivity index (χ3n) is 4.70. The number of piperidine rings is 1. The SMILES string of the molecule is CC(C)=CCN1CCC[C@H](c2[nH]ncc2-c2ccc(C)cc2)C1. The second kappa shape index (κ2) is 7.14. The van der Waals surface area contributed by atoms with Crippen LogP contribution in [0.4, 0.5) is 0 Å². The molecule has 122 valence electrons. The molecule has 3 nitrogen and oxygen atoms in total. The van der Waals surface area contributed by atoms with E-state index in [2.05, 4.69) is 66.2 Å². The molecule has 3 rings (SSSR count). The maximum Gasteiger partial charge on any atom is 0.0568 e. The van der Waals surface area contributed by atoms with Gasteiger partial charge in [-0.25, -0.2) is 0 Å². The first-order valence-corrected chi connectivity index (χ1v) is 8.59. The van der Waals surface area contributed by atoms with Crippen molar-refractivity contribution >= 4 is 0 Å². The summed E-state index contributed by atoms with van der Waals surface area (Å²) in [5.41, 5.74) is 6.52. The molecule has 1 saturated heterocycles. The lowest BCUT2D eigenvalue weighted by Gasteiger charge is -2.32. The summed E-state index contributed by atoms with van der Waals surface area (Å²) in [6.07, 6.45) is 6.81. The van der Waals surface area contributed by atoms with Gasteiger partial charge in [0.1, 0.15) is 0 Å². The number of nitrogens with zero attached hydrogens (tertiary/aromatic N) is 2. The third-order valence-corrected chi connectivity index (χ3v) is 4.70. The van der Waals surface area contributed by atoms with Crippen LogP contribution in [0, 0.1) is 6.92 Å². The smallest absolute Gasteiger partial charge is 0.0568 e. The van der Waals surface area contributed by atoms with E-state index in [4.69, 9.17) is 0 Å². The quantitative estimate of drug-likeness (QED) is 0.841. The predicted molar refractivity (Wildman–Crippen MR) is 96.6 cm³/mol. The standard InChI is InChI=1S/C20H27N3/c1-15(2)10-12-23-11-4-5-18(14-23)20-19(13-21-22-20)17-8-6-16(3)7-9-17/h6-10,13,18H,4-5,11-12,14H2,1-3H3,(H,21,22)/t18-/m0/s1. The highest BCUT2D eigenvalue weighted by atomic mass is 15.1. The number of rotatable bonds is 4. The van der Waals surface area contributed by atoms with E-state index in [0.29, 0.717) is 5.92 Å². The van der Waals surface area contributed by atoms with E-state index in [0.717, 1.165) is 13.1 Å². The molecule has 0 amide bonds. The molecular formula is C20H27N3. The molecule has 1 aromatic heterocycles. The van der Waals surface area contributed by atoms with Gasteiger partial charge in [-0.05, 0) is 45.7 Å². The van der Waals surface area contributed by atoms with E-state index >= 15 is 0 Å². The van der Waals surface area contributed by atoms with Crippen molar-refractivity contribution in [3.05, 3.63) is 53.4 Å². The second-order valence-corrected chi connectivity index (χ2v) is 6.94. The highest BCUT2D eigenvalue weighted by molar-refractivity contribution is 5.66. The normalized spacial score (nSPS) is 18.8. The number of hydrogen-bond donors (Lipinski definition) is 1. The van der Waals surface area contributed by atoms with E-state index < -0.39 is 0 Å². The largest absolute Gasteiger partial charge is 0.299 e. The number of benzene rings is 1. The Bertz CT molecular complexity index is 662. The van der Waals surface area contributed by atoms with Gasteiger partial charge in [0.2, 0.25) is 0 Å². The van der Waals surface area contributed by atoms with Gasteiger partial charge in [-0.1, -0.05) is 41.5 Å². The van der Waals surface area contributed by atoms with Crippen LogP contribution in [0.3, 0.4) is 0 Å². The minimum absolute atomic E-state index is 0.549. The van der Waals surface area contributed by atoms with Crippen LogP contribution in [0.2, 0.25) is 0 Å². The highest BCUT2D eigenvalue weighted by Gasteiger charge is 2.24. The van der Waals surface area contributed by atoms with Gasteiger partial charge in [-0.2, -0.15) is 5.10 Å². The van der Waals surface area contributed by atoms with Crippen molar-refractivity contribution in [3.8, 4) is 11.1 Å². The fourth-order valence-electron chi connectivity index (χ4n) is 3.34. The Morgan fingerprint density at radius 2 is 2.09 bits per heavy atom. The van der Waals surface area contributed by atoms with Crippen LogP contribution in [0.15, 0.2) is 42.1 Å². The lowest BCUT2D eigenvalue weighted by atomic mass is 9.90. The minimum Gasteiger partial charge on any atom is -0.299 e. The first-order chi connectivity index (χ1) is 11.1. The number of aryl methyl sites for hydroxylation is 1. The zero-order chi connectivity index (χ0) is 16.2. The zero-order valence-electron chi connectivity index (χ0n) is 14.5. The summed E-state index contributed by atoms with van der Waals surface area (Å²) < 4.78 is 0. The van der Waals surface area contributed by atoms with Crippen LogP contribution in [-0.4, -0.2) is 34.7 Å². The van der Waals surface area contributed by atoms with Crippen LogP contribution in [-0.2, 0) is 0 Å². The van der Waals surface area contributed by atoms with Crippen molar-refractivity contribution in [2.45, 2.75) is 39.5 Å². The molecule has 1 aromatic carbocycles. The maximum atomic E-state index is 4.34. The van der Waals surface area contributed by atoms with Crippen molar-refractivity contribution in [3.63, 3.8) is 0 Å². The molecule has 0 radical (unpaired) electrons. The molecule has 2 heterocycles. The molecule has 1 atom stereocenters. The van der Waals surface area contributed by atoms with Crippen LogP contribution in [0.25, 0.3) is 11.1 Å². The van der Waals surface area contributed by atoms with E-state index in [1.165, 1.54) is 47.3 Å². The van der Waals surface area contributed by atoms with Gasteiger partial charge in [-0.15, -0.1) is 0 Å². The van der Waals surface area contributed by atoms with Crippen molar-refractivity contribution in [1.29, 1.82) is 0 Å². The molecular weight excluding hydrogens is 282 g/mol. The molecule has 0 bridgehead atoms. The van der Waals surface area contributed by atoms with Crippen LogP contribution < -0.4 is 0 Å². The Morgan fingerprint density at radius 1 is 1.30 bits per heavy atom. The van der Waals surface area contributed by atoms with Crippen LogP contribution in [0.1, 0.15) is 43.9 Å². The highest BCUT2D eigenvalue weighted by Crippen LogP contribution is 2.33. The number of nitrogens with one attached hydrogen (secondary N) is 1. The lowest BCUT2D eigenvalue weighted by Crippen LogP contribution is -2.34. The fraction of sp³-hybridized carbons (Fsp3) is 0.450. The summed E-state index contributed by atoms with van der Waals surface area (Å²) in [6, 6.07) is 8.75. The van der Waals surface area contributed by atoms with Crippen LogP contribution >= 0.6 is 0 Å². The average Bonchev–Trinajstić information content (AvgIpc) is 3.03. The Labute approximate surface area is 139 Å². The fourth-order valence-corrected chi connectivity index (χ4v) is 3.34. The monoisotopic (exact) mass is 309 g/mol. The van der Waals surface area contributed by atoms with Crippen molar-refractivity contribution in [1.82, 2.24) is 15.1 Å². The van der Waals surface area contributed by atoms with E-state index in [9.17, 15) is 0 Å². The number of likely N-dealkylation sites (tertiary alicyclic amines) is 1. The molecule has 3 heteroatoms. The summed E-state index contributed by atoms with van der Waals surface area (Å²) in [4.78, 5) is 2.56. The van der Waals surface area contributed by atoms with E-state index in [-0.39, 0.29) is 0 Å². The van der Waals surface area contributed by atoms with Crippen molar-refractivity contribution in [2.24, 2.45) is 0 Å². The van der Waals surface area contributed by atoms with E-state index in [1.807, 2.05) is 6.20 Å². The first kappa shape index (κ1) is 16.0. The molecule has 0 saturated carbocycles. The maximum absolute atomic E-state index is 4.34. The molecule has 0 unspecified atom stereocenters. The second-order valence-electron chi connectivity index (χ2n) is 6.94. The summed E-state index contributed by atoms with van der Waals surface area (Å²) >= 11 is 0. The Morgan fingerprint density at radius 3 is 2.83 bits per heavy atom. The molecule has 2 aromatic rings. The Kier molecular flexibility index (Phi) is 4.97. The first-order valence-electron chi connectivity index (χ1n) is 8.59. The molecule has 0 spiro atoms. The summed E-state index contributed by atoms with van der Waals surface area (Å²) in [7, 11) is 0. The molecule has 0 aliphatic carbocycles. The summed E-state index contributed by atoms with van der Waals surface area (Å²) in [5.74, 6) is 0.549. The number of allylic oxidation sites excluding steroid dienone is 1. The van der Waals surface area contributed by atoms with Gasteiger partial charge in [0, 0.05) is 30.3 Å². The van der Waals surface area contributed by atoms with Gasteiger partial charge < -0.3 is 0 Å². The molecule has 1 aliphatic rings. The number of H-pyrrole nitrogens is 1. The topological polar surface area (TPSA) is 31.9 Å². The van der Waals surface area contributed by atoms with E-state index in [1.54, 1.807) is 0 Å². The van der Waals surface area contributed by atoms with Crippen LogP contribution in [0.5, 0.6) is 0 Å². The summed E-state index contributed by atoms with van der Waals surface area (Å²) in [5, 5.41) is 7.62. The predicted octanol–water partition coefficient (Wildman–Crippen LogP) is 4.53. The Hall–Kier alpha value is -1.87. The van der Waals surface area contributed by atoms with Gasteiger partial charge in [0.15, 0.2) is 0 Å². The van der Waals surface area contributed by atoms with Gasteiger partial charge >= 0.3 is 0 Å². The number of aromatic nitrogens is 2. The number of hydrogen-bond acceptors (Lipinski definition) is 2. The summed E-state index contributed by atoms with van der Waals surface area (Å²) in [6.45, 7) is 9.85. The lowest BCUT2D eigenvalue weighted by molar-refractivity contribution is 0.226. The molecule has 1 N–H and O–H groups in total. The molecule has 23 heavy (non-hydrogen) atoms. The van der Waals surface area contributed by atoms with Crippen molar-refractivity contribution < 1.29 is 0 Å². The van der Waals surface area contributed by atoms with Gasteiger partial charge in [0.25, 0.3) is 0 Å². The average molecular weight is 309 g/mol. The zero-order valence-corrected chi connectivity index (χ0v) is 14.5. The molecule has 1 aliphatic heterocycles. The van der Waals surface area contributed by atoms with Crippen molar-refractivity contribution in [2.75, 3.05) is 19.6 Å². The number of aromatic amines is 1. The van der Waals surface area contributed by atoms with Gasteiger partial charge in [0.05, 0.1) is 6.20 Å². The minimum atomic E-state index is 0.549. The third kappa shape index (κ3) is 3.91. The molecule has 1 fully saturated rings. The van der Waals surface area contributed by atoms with Gasteiger partial charge in [-0.3, -0.25) is 10.00 Å².